The zero-order valence-electron chi connectivity index (χ0n) is 10.5. The average molecular weight is 308 g/mol. The molecular formula is C11H23BrMgO3. The molecule has 5 heteroatoms. The first-order chi connectivity index (χ1) is 7.35. The van der Waals surface area contributed by atoms with Gasteiger partial charge in [0.25, 0.3) is 0 Å². The molecule has 0 amide bonds. The molecule has 94 valence electrons. The van der Waals surface area contributed by atoms with Crippen molar-refractivity contribution in [2.45, 2.75) is 44.0 Å². The molecule has 1 saturated heterocycles. The van der Waals surface area contributed by atoms with E-state index in [1.165, 1.54) is 12.8 Å². The molecular weight excluding hydrogens is 284 g/mol. The van der Waals surface area contributed by atoms with Gasteiger partial charge in [-0.05, 0) is 12.8 Å². The number of rotatable bonds is 6. The molecule has 3 nitrogen and oxygen atoms in total. The van der Waals surface area contributed by atoms with Crippen LogP contribution in [-0.4, -0.2) is 54.4 Å². The van der Waals surface area contributed by atoms with E-state index < -0.39 is 0 Å². The molecule has 0 aliphatic carbocycles. The fourth-order valence-corrected chi connectivity index (χ4v) is 1.60. The van der Waals surface area contributed by atoms with E-state index in [9.17, 15) is 0 Å². The van der Waals surface area contributed by atoms with Gasteiger partial charge in [0.2, 0.25) is 0 Å². The Morgan fingerprint density at radius 3 is 1.88 bits per heavy atom. The van der Waals surface area contributed by atoms with Crippen LogP contribution in [0.3, 0.4) is 0 Å². The Balaban J connectivity index is 0. The third-order valence-electron chi connectivity index (χ3n) is 1.97. The van der Waals surface area contributed by atoms with Crippen molar-refractivity contribution >= 4 is 21.7 Å². The fraction of sp³-hybridized carbons (Fsp3) is 1.00. The smallest absolute Gasteiger partial charge is 1.00 e. The summed E-state index contributed by atoms with van der Waals surface area (Å²) in [7, 11) is 0. The van der Waals surface area contributed by atoms with E-state index in [0.717, 1.165) is 37.4 Å². The van der Waals surface area contributed by atoms with Crippen LogP contribution in [0, 0.1) is 0 Å². The van der Waals surface area contributed by atoms with Crippen molar-refractivity contribution < 1.29 is 31.2 Å². The Bertz CT molecular complexity index is 102. The van der Waals surface area contributed by atoms with Gasteiger partial charge < -0.3 is 21.7 Å². The maximum Gasteiger partial charge on any atom is -1.00 e. The predicted molar refractivity (Wildman–Crippen MR) is 62.3 cm³/mol. The van der Waals surface area contributed by atoms with Crippen LogP contribution in [0.5, 0.6) is 0 Å². The van der Waals surface area contributed by atoms with Gasteiger partial charge >= 0.3 is 75.5 Å². The van der Waals surface area contributed by atoms with Gasteiger partial charge in [0.05, 0.1) is 0 Å². The molecule has 0 unspecified atom stereocenters. The fourth-order valence-electron chi connectivity index (χ4n) is 1.26. The molecule has 0 saturated carbocycles. The summed E-state index contributed by atoms with van der Waals surface area (Å²) in [6, 6.07) is 0. The van der Waals surface area contributed by atoms with E-state index in [0.29, 0.717) is 0 Å². The molecule has 1 heterocycles. The van der Waals surface area contributed by atoms with Crippen LogP contribution in [0.4, 0.5) is 0 Å². The SMILES string of the molecule is C1CCOC1.CCOC(C[CH2][Mg+])OCC.[Br-]. The normalized spacial score (nSPS) is 14.3. The summed E-state index contributed by atoms with van der Waals surface area (Å²) in [6.45, 7) is 7.47. The molecule has 0 N–H and O–H groups in total. The summed E-state index contributed by atoms with van der Waals surface area (Å²) in [5.41, 5.74) is 0. The Labute approximate surface area is 123 Å². The molecule has 1 aliphatic rings. The summed E-state index contributed by atoms with van der Waals surface area (Å²) in [5, 5.41) is 0. The van der Waals surface area contributed by atoms with Gasteiger partial charge in [-0.2, -0.15) is 0 Å². The minimum Gasteiger partial charge on any atom is -1.00 e. The zero-order chi connectivity index (χ0) is 11.4. The van der Waals surface area contributed by atoms with Gasteiger partial charge in [0.15, 0.2) is 0 Å². The maximum atomic E-state index is 5.31. The van der Waals surface area contributed by atoms with Crippen LogP contribution < -0.4 is 17.0 Å². The van der Waals surface area contributed by atoms with E-state index in [-0.39, 0.29) is 23.3 Å². The monoisotopic (exact) mass is 306 g/mol. The van der Waals surface area contributed by atoms with Crippen molar-refractivity contribution in [2.24, 2.45) is 0 Å². The summed E-state index contributed by atoms with van der Waals surface area (Å²) < 4.78 is 16.7. The molecule has 1 aliphatic heterocycles. The Morgan fingerprint density at radius 1 is 1.12 bits per heavy atom. The third-order valence-corrected chi connectivity index (χ3v) is 2.38. The van der Waals surface area contributed by atoms with Gasteiger partial charge in [-0.25, -0.2) is 0 Å². The first-order valence-corrected chi connectivity index (χ1v) is 6.95. The van der Waals surface area contributed by atoms with Gasteiger partial charge in [-0.15, -0.1) is 0 Å². The number of hydrogen-bond acceptors (Lipinski definition) is 3. The predicted octanol–water partition coefficient (Wildman–Crippen LogP) is -0.837. The summed E-state index contributed by atoms with van der Waals surface area (Å²) >= 11 is 1.95. The van der Waals surface area contributed by atoms with Crippen molar-refractivity contribution in [3.63, 3.8) is 0 Å². The van der Waals surface area contributed by atoms with E-state index >= 15 is 0 Å². The number of halogens is 1. The van der Waals surface area contributed by atoms with Gasteiger partial charge in [0.1, 0.15) is 0 Å². The minimum atomic E-state index is 0. The van der Waals surface area contributed by atoms with Crippen molar-refractivity contribution in [3.05, 3.63) is 0 Å². The standard InChI is InChI=1S/C7H15O2.C4H8O.BrH.Mg/c1-4-7(8-5-2)9-6-3;1-2-4-5-3-1;;/h7H,1,4-6H2,2-3H3;1-4H2;1H;/q;;;+1/p-1. The van der Waals surface area contributed by atoms with Gasteiger partial charge in [0, 0.05) is 13.2 Å². The van der Waals surface area contributed by atoms with E-state index in [4.69, 9.17) is 14.2 Å². The summed E-state index contributed by atoms with van der Waals surface area (Å²) in [6.07, 6.45) is 3.60. The summed E-state index contributed by atoms with van der Waals surface area (Å²) in [5.74, 6) is 0. The first kappa shape index (κ1) is 19.5. The molecule has 0 aromatic carbocycles. The quantitative estimate of drug-likeness (QED) is 0.473. The molecule has 0 bridgehead atoms. The number of ether oxygens (including phenoxy) is 3. The largest absolute Gasteiger partial charge is 1.00 e. The van der Waals surface area contributed by atoms with Crippen molar-refractivity contribution in [1.29, 1.82) is 0 Å². The maximum absolute atomic E-state index is 5.31. The van der Waals surface area contributed by atoms with Crippen LogP contribution in [0.15, 0.2) is 0 Å². The average Bonchev–Trinajstić information content (AvgIpc) is 2.77. The molecule has 16 heavy (non-hydrogen) atoms. The van der Waals surface area contributed by atoms with Crippen LogP contribution in [0.1, 0.15) is 33.1 Å². The molecule has 0 spiro atoms. The third kappa shape index (κ3) is 13.2. The summed E-state index contributed by atoms with van der Waals surface area (Å²) in [4.78, 5) is 0. The second-order valence-corrected chi connectivity index (χ2v) is 4.01. The molecule has 1 fully saturated rings. The van der Waals surface area contributed by atoms with Gasteiger partial charge in [-0.3, -0.25) is 0 Å². The van der Waals surface area contributed by atoms with Crippen LogP contribution in [0.2, 0.25) is 4.55 Å². The number of hydrogen-bond donors (Lipinski definition) is 0. The zero-order valence-corrected chi connectivity index (χ0v) is 13.5. The van der Waals surface area contributed by atoms with E-state index in [1.807, 2.05) is 35.6 Å². The Kier molecular flexibility index (Phi) is 19.6. The van der Waals surface area contributed by atoms with Crippen molar-refractivity contribution in [1.82, 2.24) is 0 Å². The van der Waals surface area contributed by atoms with Crippen LogP contribution in [0.25, 0.3) is 0 Å². The second kappa shape index (κ2) is 16.1. The molecule has 0 radical (unpaired) electrons. The minimum absolute atomic E-state index is 0. The van der Waals surface area contributed by atoms with E-state index in [1.54, 1.807) is 0 Å². The van der Waals surface area contributed by atoms with E-state index in [2.05, 4.69) is 0 Å². The van der Waals surface area contributed by atoms with Crippen molar-refractivity contribution in [2.75, 3.05) is 26.4 Å². The van der Waals surface area contributed by atoms with Crippen LogP contribution >= 0.6 is 0 Å². The second-order valence-electron chi connectivity index (χ2n) is 3.30. The molecule has 0 aromatic rings. The molecule has 1 rings (SSSR count). The van der Waals surface area contributed by atoms with Gasteiger partial charge in [-0.1, -0.05) is 0 Å². The Morgan fingerprint density at radius 2 is 1.62 bits per heavy atom. The topological polar surface area (TPSA) is 27.7 Å². The van der Waals surface area contributed by atoms with Crippen molar-refractivity contribution in [3.8, 4) is 0 Å². The first-order valence-electron chi connectivity index (χ1n) is 5.95. The molecule has 0 atom stereocenters. The van der Waals surface area contributed by atoms with Crippen LogP contribution in [-0.2, 0) is 14.2 Å². The Hall–Kier alpha value is 1.13. The molecule has 0 aromatic heterocycles.